The van der Waals surface area contributed by atoms with Crippen molar-refractivity contribution >= 4 is 5.91 Å². The Kier molecular flexibility index (Phi) is 4.38. The van der Waals surface area contributed by atoms with Crippen molar-refractivity contribution in [3.63, 3.8) is 0 Å². The van der Waals surface area contributed by atoms with Crippen LogP contribution in [0, 0.1) is 5.41 Å². The van der Waals surface area contributed by atoms with E-state index in [0.717, 1.165) is 13.0 Å². The van der Waals surface area contributed by atoms with Gasteiger partial charge in [-0.2, -0.15) is 0 Å². The van der Waals surface area contributed by atoms with Crippen LogP contribution in [0.25, 0.3) is 0 Å². The number of hydrogen-bond donors (Lipinski definition) is 0. The van der Waals surface area contributed by atoms with Gasteiger partial charge in [0.2, 0.25) is 5.91 Å². The molecule has 0 aromatic heterocycles. The first kappa shape index (κ1) is 16.1. The van der Waals surface area contributed by atoms with Crippen LogP contribution in [-0.4, -0.2) is 47.9 Å². The van der Waals surface area contributed by atoms with Crippen molar-refractivity contribution in [1.82, 2.24) is 9.80 Å². The summed E-state index contributed by atoms with van der Waals surface area (Å²) in [6.07, 6.45) is 7.24. The molecule has 2 aliphatic heterocycles. The van der Waals surface area contributed by atoms with Crippen molar-refractivity contribution in [2.24, 2.45) is 5.41 Å². The third-order valence-corrected chi connectivity index (χ3v) is 6.37. The molecule has 1 atom stereocenters. The van der Waals surface area contributed by atoms with Gasteiger partial charge in [0.1, 0.15) is 0 Å². The Morgan fingerprint density at radius 2 is 1.83 bits per heavy atom. The lowest BCUT2D eigenvalue weighted by Gasteiger charge is -2.50. The lowest BCUT2D eigenvalue weighted by atomic mass is 9.67. The van der Waals surface area contributed by atoms with E-state index >= 15 is 0 Å². The summed E-state index contributed by atoms with van der Waals surface area (Å²) < 4.78 is 0. The van der Waals surface area contributed by atoms with E-state index in [1.54, 1.807) is 0 Å². The number of carbonyl (C=O) groups excluding carboxylic acids is 1. The quantitative estimate of drug-likeness (QED) is 0.843. The minimum absolute atomic E-state index is 0.0817. The fraction of sp³-hybridized carbons (Fsp3) is 0.667. The van der Waals surface area contributed by atoms with Crippen LogP contribution in [0.15, 0.2) is 30.3 Å². The lowest BCUT2D eigenvalue weighted by Crippen LogP contribution is -2.54. The molecular formula is C21H30N2O. The Balaban J connectivity index is 1.56. The molecule has 1 spiro atoms. The highest BCUT2D eigenvalue weighted by molar-refractivity contribution is 5.85. The highest BCUT2D eigenvalue weighted by Gasteiger charge is 2.49. The summed E-state index contributed by atoms with van der Waals surface area (Å²) in [5, 5.41) is 0. The average Bonchev–Trinajstić information content (AvgIpc) is 3.45. The maximum atomic E-state index is 13.1. The monoisotopic (exact) mass is 326 g/mol. The van der Waals surface area contributed by atoms with Gasteiger partial charge >= 0.3 is 0 Å². The summed E-state index contributed by atoms with van der Waals surface area (Å²) in [5.41, 5.74) is 1.57. The Hall–Kier alpha value is -1.35. The molecule has 1 aliphatic carbocycles. The second-order valence-electron chi connectivity index (χ2n) is 8.21. The summed E-state index contributed by atoms with van der Waals surface area (Å²) >= 11 is 0. The first-order valence-electron chi connectivity index (χ1n) is 9.78. The molecule has 3 heteroatoms. The van der Waals surface area contributed by atoms with Crippen LogP contribution in [0.4, 0.5) is 0 Å². The minimum atomic E-state index is 0.0817. The topological polar surface area (TPSA) is 23.6 Å². The molecule has 130 valence electrons. The van der Waals surface area contributed by atoms with Gasteiger partial charge in [0.25, 0.3) is 0 Å². The van der Waals surface area contributed by atoms with Gasteiger partial charge < -0.3 is 9.80 Å². The molecule has 1 aromatic rings. The maximum Gasteiger partial charge on any atom is 0.230 e. The van der Waals surface area contributed by atoms with Crippen molar-refractivity contribution in [3.05, 3.63) is 35.9 Å². The lowest BCUT2D eigenvalue weighted by molar-refractivity contribution is -0.142. The number of nitrogens with zero attached hydrogens (tertiary/aromatic N) is 2. The highest BCUT2D eigenvalue weighted by atomic mass is 16.2. The molecular weight excluding hydrogens is 296 g/mol. The first-order valence-corrected chi connectivity index (χ1v) is 9.78. The van der Waals surface area contributed by atoms with Crippen LogP contribution in [0.5, 0.6) is 0 Å². The van der Waals surface area contributed by atoms with E-state index in [9.17, 15) is 4.79 Å². The third kappa shape index (κ3) is 3.11. The molecule has 24 heavy (non-hydrogen) atoms. The van der Waals surface area contributed by atoms with E-state index in [1.807, 2.05) is 0 Å². The van der Waals surface area contributed by atoms with Crippen molar-refractivity contribution in [2.75, 3.05) is 26.2 Å². The Morgan fingerprint density at radius 3 is 2.46 bits per heavy atom. The predicted molar refractivity (Wildman–Crippen MR) is 96.9 cm³/mol. The summed E-state index contributed by atoms with van der Waals surface area (Å²) in [6, 6.07) is 11.0. The van der Waals surface area contributed by atoms with Crippen LogP contribution in [0.2, 0.25) is 0 Å². The molecule has 1 aromatic carbocycles. The molecule has 0 N–H and O–H groups in total. The summed E-state index contributed by atoms with van der Waals surface area (Å²) in [7, 11) is 0. The number of amides is 1. The number of benzene rings is 1. The van der Waals surface area contributed by atoms with E-state index in [4.69, 9.17) is 0 Å². The molecule has 3 fully saturated rings. The van der Waals surface area contributed by atoms with E-state index in [-0.39, 0.29) is 5.92 Å². The second kappa shape index (κ2) is 6.51. The fourth-order valence-electron chi connectivity index (χ4n) is 4.79. The number of likely N-dealkylation sites (tertiary alicyclic amines) is 2. The van der Waals surface area contributed by atoms with E-state index in [0.29, 0.717) is 17.4 Å². The van der Waals surface area contributed by atoms with Gasteiger partial charge in [0.15, 0.2) is 0 Å². The van der Waals surface area contributed by atoms with Gasteiger partial charge in [-0.15, -0.1) is 0 Å². The van der Waals surface area contributed by atoms with Crippen LogP contribution >= 0.6 is 0 Å². The maximum absolute atomic E-state index is 13.1. The summed E-state index contributed by atoms with van der Waals surface area (Å²) in [4.78, 5) is 18.0. The summed E-state index contributed by atoms with van der Waals surface area (Å²) in [6.45, 7) is 6.93. The first-order chi connectivity index (χ1) is 11.7. The van der Waals surface area contributed by atoms with E-state index < -0.39 is 0 Å². The largest absolute Gasteiger partial charge is 0.339 e. The van der Waals surface area contributed by atoms with Crippen LogP contribution in [0.1, 0.15) is 56.9 Å². The van der Waals surface area contributed by atoms with Gasteiger partial charge in [-0.05, 0) is 69.1 Å². The SMILES string of the molecule is CCCN1CCC2(CC1)CC(c1ccccc1)C(=O)N(C1CC1)C2. The number of rotatable bonds is 4. The molecule has 2 saturated heterocycles. The van der Waals surface area contributed by atoms with Crippen molar-refractivity contribution in [1.29, 1.82) is 0 Å². The molecule has 4 rings (SSSR count). The van der Waals surface area contributed by atoms with Gasteiger partial charge in [0.05, 0.1) is 5.92 Å². The summed E-state index contributed by atoms with van der Waals surface area (Å²) in [5.74, 6) is 0.476. The molecule has 3 aliphatic rings. The van der Waals surface area contributed by atoms with E-state index in [1.165, 1.54) is 57.3 Å². The normalized spacial score (nSPS) is 27.6. The molecule has 2 heterocycles. The molecule has 1 unspecified atom stereocenters. The standard InChI is InChI=1S/C21H30N2O/c1-2-12-22-13-10-21(11-14-22)15-19(17-6-4-3-5-7-17)20(24)23(16-21)18-8-9-18/h3-7,18-19H,2,8-16H2,1H3. The highest BCUT2D eigenvalue weighted by Crippen LogP contribution is 2.48. The number of carbonyl (C=O) groups is 1. The van der Waals surface area contributed by atoms with E-state index in [2.05, 4.69) is 47.1 Å². The molecule has 3 nitrogen and oxygen atoms in total. The van der Waals surface area contributed by atoms with Crippen molar-refractivity contribution < 1.29 is 4.79 Å². The molecule has 1 saturated carbocycles. The smallest absolute Gasteiger partial charge is 0.230 e. The van der Waals surface area contributed by atoms with Crippen LogP contribution in [-0.2, 0) is 4.79 Å². The number of piperidine rings is 2. The molecule has 0 radical (unpaired) electrons. The second-order valence-corrected chi connectivity index (χ2v) is 8.21. The van der Waals surface area contributed by atoms with Crippen LogP contribution in [0.3, 0.4) is 0 Å². The molecule has 0 bridgehead atoms. The third-order valence-electron chi connectivity index (χ3n) is 6.37. The Bertz CT molecular complexity index is 573. The van der Waals surface area contributed by atoms with Gasteiger partial charge in [-0.3, -0.25) is 4.79 Å². The zero-order valence-corrected chi connectivity index (χ0v) is 14.9. The zero-order chi connectivity index (χ0) is 16.6. The fourth-order valence-corrected chi connectivity index (χ4v) is 4.79. The molecule has 1 amide bonds. The van der Waals surface area contributed by atoms with Crippen molar-refractivity contribution in [3.8, 4) is 0 Å². The Labute approximate surface area is 146 Å². The van der Waals surface area contributed by atoms with Gasteiger partial charge in [0, 0.05) is 12.6 Å². The van der Waals surface area contributed by atoms with Gasteiger partial charge in [-0.1, -0.05) is 37.3 Å². The van der Waals surface area contributed by atoms with Crippen LogP contribution < -0.4 is 0 Å². The minimum Gasteiger partial charge on any atom is -0.339 e. The van der Waals surface area contributed by atoms with Crippen molar-refractivity contribution in [2.45, 2.75) is 57.4 Å². The number of hydrogen-bond acceptors (Lipinski definition) is 2. The zero-order valence-electron chi connectivity index (χ0n) is 14.9. The van der Waals surface area contributed by atoms with Gasteiger partial charge in [-0.25, -0.2) is 0 Å². The average molecular weight is 326 g/mol. The predicted octanol–water partition coefficient (Wildman–Crippen LogP) is 3.66. The Morgan fingerprint density at radius 1 is 1.12 bits per heavy atom.